The van der Waals surface area contributed by atoms with Gasteiger partial charge < -0.3 is 19.5 Å². The number of aliphatic hydroxyl groups is 2. The van der Waals surface area contributed by atoms with Crippen molar-refractivity contribution in [3.8, 4) is 0 Å². The molecule has 0 aromatic heterocycles. The Bertz CT molecular complexity index is 106. The van der Waals surface area contributed by atoms with Gasteiger partial charge in [-0.05, 0) is 6.42 Å². The topological polar surface area (TPSA) is 58.9 Å². The van der Waals surface area contributed by atoms with Gasteiger partial charge in [-0.2, -0.15) is 0 Å². The van der Waals surface area contributed by atoms with Crippen molar-refractivity contribution in [2.24, 2.45) is 0 Å². The van der Waals surface area contributed by atoms with Gasteiger partial charge in [-0.3, -0.25) is 0 Å². The number of aliphatic hydroxyl groups excluding tert-OH is 2. The Morgan fingerprint density at radius 2 is 1.85 bits per heavy atom. The predicted molar refractivity (Wildman–Crippen MR) is 53.5 cm³/mol. The second kappa shape index (κ2) is 10.6. The Hall–Kier alpha value is 0.560. The van der Waals surface area contributed by atoms with E-state index in [1.807, 2.05) is 0 Å². The second-order valence-electron chi connectivity index (χ2n) is 2.28. The molecule has 2 atom stereocenters. The molecule has 0 aliphatic carbocycles. The summed E-state index contributed by atoms with van der Waals surface area (Å²) >= 11 is 5.86. The van der Waals surface area contributed by atoms with Gasteiger partial charge >= 0.3 is 0 Å². The van der Waals surface area contributed by atoms with E-state index in [0.29, 0.717) is 26.2 Å². The fourth-order valence-corrected chi connectivity index (χ4v) is 1.51. The molecule has 6 heteroatoms. The zero-order chi connectivity index (χ0) is 9.94. The zero-order valence-corrected chi connectivity index (χ0v) is 9.16. The molecule has 80 valence electrons. The zero-order valence-electron chi connectivity index (χ0n) is 7.41. The Morgan fingerprint density at radius 3 is 2.46 bits per heavy atom. The molecule has 4 nitrogen and oxygen atoms in total. The molecule has 0 heterocycles. The number of halogens is 1. The van der Waals surface area contributed by atoms with Crippen molar-refractivity contribution < 1.29 is 19.5 Å². The molecule has 0 spiro atoms. The first-order chi connectivity index (χ1) is 6.31. The summed E-state index contributed by atoms with van der Waals surface area (Å²) in [6.07, 6.45) is 0.700. The fraction of sp³-hybridized carbons (Fsp3) is 1.00. The Labute approximate surface area is 85.0 Å². The molecule has 2 unspecified atom stereocenters. The average Bonchev–Trinajstić information content (AvgIpc) is 2.13. The highest BCUT2D eigenvalue weighted by Gasteiger charge is 2.04. The Kier molecular flexibility index (Phi) is 11.1. The molecule has 0 aromatic rings. The van der Waals surface area contributed by atoms with E-state index in [4.69, 9.17) is 31.1 Å². The number of rotatable bonds is 9. The summed E-state index contributed by atoms with van der Waals surface area (Å²) in [5.74, 6) is 0. The molecule has 0 saturated heterocycles. The van der Waals surface area contributed by atoms with Crippen LogP contribution in [0.15, 0.2) is 0 Å². The van der Waals surface area contributed by atoms with Gasteiger partial charge in [-0.25, -0.2) is 0 Å². The molecule has 0 amide bonds. The molecule has 0 aliphatic rings. The molecule has 0 aromatic carbocycles. The first-order valence-corrected chi connectivity index (χ1v) is 5.54. The predicted octanol–water partition coefficient (Wildman–Crippen LogP) is 0.553. The first kappa shape index (κ1) is 13.6. The van der Waals surface area contributed by atoms with Crippen LogP contribution in [0.2, 0.25) is 0 Å². The van der Waals surface area contributed by atoms with Crippen LogP contribution >= 0.6 is 20.4 Å². The van der Waals surface area contributed by atoms with Gasteiger partial charge in [0.05, 0.1) is 31.5 Å². The molecule has 0 bridgehead atoms. The van der Waals surface area contributed by atoms with Crippen LogP contribution < -0.4 is 0 Å². The van der Waals surface area contributed by atoms with E-state index in [-0.39, 0.29) is 27.1 Å². The minimum Gasteiger partial charge on any atom is -0.394 e. The molecule has 0 fully saturated rings. The summed E-state index contributed by atoms with van der Waals surface area (Å²) in [7, 11) is 0.188. The Balaban J connectivity index is 3.05. The molecule has 0 saturated carbocycles. The van der Waals surface area contributed by atoms with Crippen molar-refractivity contribution >= 4 is 20.4 Å². The summed E-state index contributed by atoms with van der Waals surface area (Å²) in [5.41, 5.74) is 0. The summed E-state index contributed by atoms with van der Waals surface area (Å²) in [6.45, 7) is 1.28. The van der Waals surface area contributed by atoms with Crippen LogP contribution in [0.5, 0.6) is 0 Å². The average molecular weight is 231 g/mol. The maximum absolute atomic E-state index is 8.41. The van der Waals surface area contributed by atoms with E-state index in [0.717, 1.165) is 0 Å². The molecule has 0 aliphatic heterocycles. The SMILES string of the molecule is OCCOCCC(Cl)POCCO. The van der Waals surface area contributed by atoms with Crippen LogP contribution in [0.4, 0.5) is 0 Å². The minimum absolute atomic E-state index is 0.0254. The lowest BCUT2D eigenvalue weighted by atomic mass is 10.5. The van der Waals surface area contributed by atoms with E-state index in [1.54, 1.807) is 0 Å². The van der Waals surface area contributed by atoms with Gasteiger partial charge in [-0.1, -0.05) is 0 Å². The van der Waals surface area contributed by atoms with Gasteiger partial charge in [-0.15, -0.1) is 11.6 Å². The van der Waals surface area contributed by atoms with Gasteiger partial charge in [0.25, 0.3) is 0 Å². The third-order valence-corrected chi connectivity index (χ3v) is 2.56. The highest BCUT2D eigenvalue weighted by Crippen LogP contribution is 2.26. The summed E-state index contributed by atoms with van der Waals surface area (Å²) in [6, 6.07) is 0. The number of hydrogen-bond acceptors (Lipinski definition) is 4. The van der Waals surface area contributed by atoms with Crippen molar-refractivity contribution in [2.75, 3.05) is 33.0 Å². The van der Waals surface area contributed by atoms with Crippen molar-refractivity contribution in [3.63, 3.8) is 0 Å². The summed E-state index contributed by atoms with van der Waals surface area (Å²) in [5, 5.41) is 16.7. The molecule has 0 rings (SSSR count). The van der Waals surface area contributed by atoms with Gasteiger partial charge in [0.15, 0.2) is 0 Å². The van der Waals surface area contributed by atoms with Crippen molar-refractivity contribution in [1.29, 1.82) is 0 Å². The van der Waals surface area contributed by atoms with E-state index in [2.05, 4.69) is 0 Å². The molecule has 13 heavy (non-hydrogen) atoms. The third kappa shape index (κ3) is 10.5. The highest BCUT2D eigenvalue weighted by atomic mass is 35.5. The van der Waals surface area contributed by atoms with Crippen LogP contribution in [0.25, 0.3) is 0 Å². The highest BCUT2D eigenvalue weighted by molar-refractivity contribution is 7.35. The maximum Gasteiger partial charge on any atom is 0.0772 e. The Morgan fingerprint density at radius 1 is 1.15 bits per heavy atom. The largest absolute Gasteiger partial charge is 0.394 e. The second-order valence-corrected chi connectivity index (χ2v) is 4.40. The molecular formula is C7H16ClO4P. The third-order valence-electron chi connectivity index (χ3n) is 1.16. The smallest absolute Gasteiger partial charge is 0.0772 e. The normalized spacial score (nSPS) is 14.1. The molecule has 0 radical (unpaired) electrons. The fourth-order valence-electron chi connectivity index (χ4n) is 0.607. The van der Waals surface area contributed by atoms with E-state index >= 15 is 0 Å². The van der Waals surface area contributed by atoms with Crippen LogP contribution in [-0.4, -0.2) is 48.4 Å². The number of alkyl halides is 1. The van der Waals surface area contributed by atoms with E-state index < -0.39 is 0 Å². The van der Waals surface area contributed by atoms with Crippen LogP contribution in [0, 0.1) is 0 Å². The number of hydrogen-bond donors (Lipinski definition) is 2. The first-order valence-electron chi connectivity index (χ1n) is 4.12. The monoisotopic (exact) mass is 230 g/mol. The maximum atomic E-state index is 8.41. The minimum atomic E-state index is -0.0646. The van der Waals surface area contributed by atoms with E-state index in [9.17, 15) is 0 Å². The van der Waals surface area contributed by atoms with Crippen molar-refractivity contribution in [1.82, 2.24) is 0 Å². The lowest BCUT2D eigenvalue weighted by molar-refractivity contribution is 0.0920. The molecule has 2 N–H and O–H groups in total. The van der Waals surface area contributed by atoms with Gasteiger partial charge in [0.2, 0.25) is 0 Å². The number of ether oxygens (including phenoxy) is 1. The summed E-state index contributed by atoms with van der Waals surface area (Å²) in [4.78, 5) is 0. The standard InChI is InChI=1S/C7H16ClO4P/c8-7(13-12-6-3-10)1-4-11-5-2-9/h7,9-10,13H,1-6H2. The molecular weight excluding hydrogens is 214 g/mol. The van der Waals surface area contributed by atoms with Gasteiger partial charge in [0.1, 0.15) is 0 Å². The lowest BCUT2D eigenvalue weighted by Gasteiger charge is -2.09. The quantitative estimate of drug-likeness (QED) is 0.345. The van der Waals surface area contributed by atoms with Gasteiger partial charge in [0, 0.05) is 15.4 Å². The van der Waals surface area contributed by atoms with Crippen molar-refractivity contribution in [2.45, 2.75) is 11.5 Å². The van der Waals surface area contributed by atoms with Crippen LogP contribution in [-0.2, 0) is 9.26 Å². The van der Waals surface area contributed by atoms with E-state index in [1.165, 1.54) is 0 Å². The lowest BCUT2D eigenvalue weighted by Crippen LogP contribution is -2.04. The van der Waals surface area contributed by atoms with Crippen LogP contribution in [0.3, 0.4) is 0 Å². The summed E-state index contributed by atoms with van der Waals surface area (Å²) < 4.78 is 10.1. The van der Waals surface area contributed by atoms with Crippen LogP contribution in [0.1, 0.15) is 6.42 Å². The van der Waals surface area contributed by atoms with Crippen molar-refractivity contribution in [3.05, 3.63) is 0 Å².